The first-order valence-corrected chi connectivity index (χ1v) is 10.3. The molecule has 1 aromatic heterocycles. The lowest BCUT2D eigenvalue weighted by Gasteiger charge is -2.10. The minimum absolute atomic E-state index is 0.614. The van der Waals surface area contributed by atoms with E-state index in [1.807, 2.05) is 42.5 Å². The number of hydrogen-bond acceptors (Lipinski definition) is 3. The number of thiocarbonyl (C=S) groups is 1. The summed E-state index contributed by atoms with van der Waals surface area (Å²) in [6.45, 7) is 0.832. The zero-order valence-corrected chi connectivity index (χ0v) is 17.1. The maximum atomic E-state index is 5.91. The second-order valence-corrected chi connectivity index (χ2v) is 7.85. The van der Waals surface area contributed by atoms with Crippen molar-refractivity contribution in [3.05, 3.63) is 83.5 Å². The summed E-state index contributed by atoms with van der Waals surface area (Å²) in [5.74, 6) is 0. The lowest BCUT2D eigenvalue weighted by molar-refractivity contribution is 0.777. The molecule has 0 saturated heterocycles. The third-order valence-electron chi connectivity index (χ3n) is 3.80. The van der Waals surface area contributed by atoms with Crippen LogP contribution in [-0.4, -0.2) is 16.6 Å². The Bertz CT molecular complexity index is 853. The number of anilines is 1. The van der Waals surface area contributed by atoms with Gasteiger partial charge in [0.25, 0.3) is 0 Å². The highest BCUT2D eigenvalue weighted by molar-refractivity contribution is 7.99. The summed E-state index contributed by atoms with van der Waals surface area (Å²) in [6, 6.07) is 22.1. The molecule has 3 rings (SSSR count). The quantitative estimate of drug-likeness (QED) is 0.378. The molecule has 0 saturated carbocycles. The van der Waals surface area contributed by atoms with Crippen LogP contribution in [0.15, 0.2) is 82.8 Å². The Morgan fingerprint density at radius 3 is 2.48 bits per heavy atom. The van der Waals surface area contributed by atoms with E-state index in [1.165, 1.54) is 5.56 Å². The molecule has 2 N–H and O–H groups in total. The van der Waals surface area contributed by atoms with Crippen LogP contribution in [0.3, 0.4) is 0 Å². The topological polar surface area (TPSA) is 37.0 Å². The average molecular weight is 414 g/mol. The van der Waals surface area contributed by atoms with E-state index in [4.69, 9.17) is 23.8 Å². The predicted octanol–water partition coefficient (Wildman–Crippen LogP) is 5.81. The van der Waals surface area contributed by atoms with Gasteiger partial charge in [0.15, 0.2) is 5.11 Å². The summed E-state index contributed by atoms with van der Waals surface area (Å²) in [7, 11) is 0. The number of nitrogens with one attached hydrogen (secondary N) is 2. The van der Waals surface area contributed by atoms with Gasteiger partial charge >= 0.3 is 0 Å². The van der Waals surface area contributed by atoms with Crippen molar-refractivity contribution in [3.63, 3.8) is 0 Å². The second-order valence-electron chi connectivity index (χ2n) is 5.91. The molecular weight excluding hydrogens is 394 g/mol. The zero-order chi connectivity index (χ0) is 18.9. The van der Waals surface area contributed by atoms with Gasteiger partial charge in [-0.1, -0.05) is 53.7 Å². The highest BCUT2D eigenvalue weighted by Gasteiger charge is 2.02. The molecule has 0 fully saturated rings. The van der Waals surface area contributed by atoms with Crippen LogP contribution >= 0.6 is 35.6 Å². The summed E-state index contributed by atoms with van der Waals surface area (Å²) in [5.41, 5.74) is 2.21. The number of benzene rings is 2. The van der Waals surface area contributed by atoms with Gasteiger partial charge in [-0.15, -0.1) is 0 Å². The van der Waals surface area contributed by atoms with Crippen LogP contribution in [0.2, 0.25) is 5.02 Å². The minimum Gasteiger partial charge on any atom is -0.362 e. The van der Waals surface area contributed by atoms with Crippen LogP contribution in [-0.2, 0) is 6.42 Å². The smallest absolute Gasteiger partial charge is 0.170 e. The molecule has 6 heteroatoms. The third kappa shape index (κ3) is 6.86. The van der Waals surface area contributed by atoms with Gasteiger partial charge < -0.3 is 10.6 Å². The molecule has 0 aliphatic heterocycles. The van der Waals surface area contributed by atoms with E-state index in [1.54, 1.807) is 18.0 Å². The Balaban J connectivity index is 1.41. The fraction of sp³-hybridized carbons (Fsp3) is 0.143. The van der Waals surface area contributed by atoms with E-state index >= 15 is 0 Å². The van der Waals surface area contributed by atoms with Crippen molar-refractivity contribution >= 4 is 46.4 Å². The normalized spacial score (nSPS) is 10.4. The third-order valence-corrected chi connectivity index (χ3v) is 5.26. The summed E-state index contributed by atoms with van der Waals surface area (Å²) in [5, 5.41) is 8.67. The number of pyridine rings is 1. The van der Waals surface area contributed by atoms with Gasteiger partial charge in [0.2, 0.25) is 0 Å². The molecule has 0 amide bonds. The fourth-order valence-electron chi connectivity index (χ4n) is 2.45. The summed E-state index contributed by atoms with van der Waals surface area (Å²) >= 11 is 12.9. The number of halogens is 1. The molecule has 0 atom stereocenters. The van der Waals surface area contributed by atoms with Crippen molar-refractivity contribution in [2.75, 3.05) is 11.9 Å². The molecule has 3 nitrogen and oxygen atoms in total. The van der Waals surface area contributed by atoms with Gasteiger partial charge in [0.05, 0.1) is 11.9 Å². The van der Waals surface area contributed by atoms with Crippen LogP contribution in [0.4, 0.5) is 5.69 Å². The zero-order valence-electron chi connectivity index (χ0n) is 14.7. The van der Waals surface area contributed by atoms with Crippen molar-refractivity contribution < 1.29 is 0 Å². The molecule has 0 aliphatic rings. The van der Waals surface area contributed by atoms with Crippen LogP contribution in [0, 0.1) is 0 Å². The molecule has 1 heterocycles. The number of rotatable bonds is 7. The fourth-order valence-corrected chi connectivity index (χ4v) is 3.55. The van der Waals surface area contributed by atoms with Gasteiger partial charge in [-0.2, -0.15) is 0 Å². The molecule has 0 unspecified atom stereocenters. The highest BCUT2D eigenvalue weighted by atomic mass is 35.5. The van der Waals surface area contributed by atoms with Gasteiger partial charge in [-0.05, 0) is 67.0 Å². The van der Waals surface area contributed by atoms with Gasteiger partial charge in [0.1, 0.15) is 5.03 Å². The average Bonchev–Trinajstić information content (AvgIpc) is 2.69. The van der Waals surface area contributed by atoms with E-state index in [9.17, 15) is 0 Å². The summed E-state index contributed by atoms with van der Waals surface area (Å²) in [4.78, 5) is 5.57. The van der Waals surface area contributed by atoms with E-state index in [2.05, 4.69) is 39.9 Å². The predicted molar refractivity (Wildman–Crippen MR) is 119 cm³/mol. The first-order valence-electron chi connectivity index (χ1n) is 8.67. The van der Waals surface area contributed by atoms with Gasteiger partial charge in [0, 0.05) is 16.5 Å². The Morgan fingerprint density at radius 1 is 1.00 bits per heavy atom. The maximum absolute atomic E-state index is 5.91. The molecule has 0 spiro atoms. The molecule has 0 aliphatic carbocycles. The molecular formula is C21H20ClN3S2. The first-order chi connectivity index (χ1) is 13.2. The standard InChI is InChI=1S/C21H20ClN3S2/c22-17-8-11-19(12-9-17)27-20-13-10-18(15-24-20)25-21(26)23-14-4-7-16-5-2-1-3-6-16/h1-3,5-6,8-13,15H,4,7,14H2,(H2,23,25,26). The Kier molecular flexibility index (Phi) is 7.51. The Labute approximate surface area is 174 Å². The van der Waals surface area contributed by atoms with E-state index in [-0.39, 0.29) is 0 Å². The van der Waals surface area contributed by atoms with E-state index in [0.717, 1.165) is 40.0 Å². The largest absolute Gasteiger partial charge is 0.362 e. The van der Waals surface area contributed by atoms with E-state index in [0.29, 0.717) is 5.11 Å². The highest BCUT2D eigenvalue weighted by Crippen LogP contribution is 2.27. The lowest BCUT2D eigenvalue weighted by Crippen LogP contribution is -2.29. The maximum Gasteiger partial charge on any atom is 0.170 e. The number of aromatic nitrogens is 1. The van der Waals surface area contributed by atoms with Crippen LogP contribution in [0.5, 0.6) is 0 Å². The van der Waals surface area contributed by atoms with Gasteiger partial charge in [-0.25, -0.2) is 4.98 Å². The Morgan fingerprint density at radius 2 is 1.78 bits per heavy atom. The van der Waals surface area contributed by atoms with Crippen molar-refractivity contribution in [3.8, 4) is 0 Å². The monoisotopic (exact) mass is 413 g/mol. The van der Waals surface area contributed by atoms with Crippen LogP contribution in [0.1, 0.15) is 12.0 Å². The molecule has 0 radical (unpaired) electrons. The Hall–Kier alpha value is -2.08. The molecule has 27 heavy (non-hydrogen) atoms. The van der Waals surface area contributed by atoms with Gasteiger partial charge in [-0.3, -0.25) is 0 Å². The van der Waals surface area contributed by atoms with Crippen molar-refractivity contribution in [1.82, 2.24) is 10.3 Å². The second kappa shape index (κ2) is 10.3. The first kappa shape index (κ1) is 19.7. The van der Waals surface area contributed by atoms with Crippen molar-refractivity contribution in [2.24, 2.45) is 0 Å². The summed E-state index contributed by atoms with van der Waals surface area (Å²) in [6.07, 6.45) is 3.85. The minimum atomic E-state index is 0.614. The molecule has 138 valence electrons. The SMILES string of the molecule is S=C(NCCCc1ccccc1)Nc1ccc(Sc2ccc(Cl)cc2)nc1. The van der Waals surface area contributed by atoms with Crippen LogP contribution in [0.25, 0.3) is 0 Å². The summed E-state index contributed by atoms with van der Waals surface area (Å²) < 4.78 is 0. The molecule has 3 aromatic rings. The molecule has 0 bridgehead atoms. The number of aryl methyl sites for hydroxylation is 1. The lowest BCUT2D eigenvalue weighted by atomic mass is 10.1. The van der Waals surface area contributed by atoms with Crippen LogP contribution < -0.4 is 10.6 Å². The van der Waals surface area contributed by atoms with E-state index < -0.39 is 0 Å². The van der Waals surface area contributed by atoms with Crippen molar-refractivity contribution in [2.45, 2.75) is 22.8 Å². The number of nitrogens with zero attached hydrogens (tertiary/aromatic N) is 1. The molecule has 2 aromatic carbocycles. The van der Waals surface area contributed by atoms with Crippen molar-refractivity contribution in [1.29, 1.82) is 0 Å². The number of hydrogen-bond donors (Lipinski definition) is 2.